The predicted octanol–water partition coefficient (Wildman–Crippen LogP) is 1.41. The third-order valence-corrected chi connectivity index (χ3v) is 8.64. The van der Waals surface area contributed by atoms with E-state index >= 15 is 0 Å². The van der Waals surface area contributed by atoms with Crippen molar-refractivity contribution < 1.29 is 31.1 Å². The molecule has 1 aromatic rings. The molecule has 4 rings (SSSR count). The Bertz CT molecular complexity index is 957. The van der Waals surface area contributed by atoms with Gasteiger partial charge in [0.2, 0.25) is 15.9 Å². The van der Waals surface area contributed by atoms with Crippen LogP contribution in [0.1, 0.15) is 31.2 Å². The van der Waals surface area contributed by atoms with Crippen LogP contribution in [0.15, 0.2) is 12.1 Å². The molecule has 0 spiro atoms. The zero-order valence-corrected chi connectivity index (χ0v) is 18.5. The smallest absolute Gasteiger partial charge is 0.239 e. The molecule has 3 saturated heterocycles. The highest BCUT2D eigenvalue weighted by molar-refractivity contribution is 7.89. The molecular weight excluding hydrogens is 447 g/mol. The van der Waals surface area contributed by atoms with E-state index in [4.69, 9.17) is 10.5 Å². The molecule has 1 unspecified atom stereocenters. The van der Waals surface area contributed by atoms with Crippen molar-refractivity contribution in [1.82, 2.24) is 9.21 Å². The number of carbonyl (C=O) groups excluding carboxylic acids is 1. The molecule has 2 bridgehead atoms. The molecule has 0 aliphatic carbocycles. The number of piperidine rings is 1. The lowest BCUT2D eigenvalue weighted by atomic mass is 9.82. The summed E-state index contributed by atoms with van der Waals surface area (Å²) in [5.74, 6) is -4.17. The third-order valence-electron chi connectivity index (χ3n) is 6.88. The number of nitrogens with zero attached hydrogens (tertiary/aromatic N) is 2. The average Bonchev–Trinajstić information content (AvgIpc) is 3.02. The Morgan fingerprint density at radius 1 is 1.06 bits per heavy atom. The van der Waals surface area contributed by atoms with E-state index < -0.39 is 45.2 Å². The van der Waals surface area contributed by atoms with E-state index in [-0.39, 0.29) is 43.1 Å². The highest BCUT2D eigenvalue weighted by atomic mass is 32.2. The van der Waals surface area contributed by atoms with E-state index in [2.05, 4.69) is 0 Å². The largest absolute Gasteiger partial charge is 0.379 e. The molecule has 2 N–H and O–H groups in total. The second-order valence-corrected chi connectivity index (χ2v) is 10.9. The summed E-state index contributed by atoms with van der Waals surface area (Å²) in [4.78, 5) is 14.6. The molecule has 3 heterocycles. The molecule has 1 amide bonds. The lowest BCUT2D eigenvalue weighted by Crippen LogP contribution is -2.53. The van der Waals surface area contributed by atoms with Gasteiger partial charge in [0.25, 0.3) is 0 Å². The quantitative estimate of drug-likeness (QED) is 0.628. The molecule has 1 aromatic carbocycles. The number of hydrogen-bond donors (Lipinski definition) is 1. The van der Waals surface area contributed by atoms with Crippen molar-refractivity contribution in [3.05, 3.63) is 35.1 Å². The van der Waals surface area contributed by atoms with Crippen LogP contribution in [0.2, 0.25) is 0 Å². The molecule has 0 radical (unpaired) electrons. The summed E-state index contributed by atoms with van der Waals surface area (Å²) in [6, 6.07) is 0.650. The predicted molar refractivity (Wildman–Crippen MR) is 111 cm³/mol. The number of fused-ring (bicyclic) bond motifs is 2. The third kappa shape index (κ3) is 4.80. The minimum atomic E-state index is -3.70. The Morgan fingerprint density at radius 3 is 2.28 bits per heavy atom. The molecule has 4 atom stereocenters. The number of benzene rings is 1. The first-order valence-electron chi connectivity index (χ1n) is 10.9. The fourth-order valence-electron chi connectivity index (χ4n) is 5.26. The topological polar surface area (TPSA) is 92.9 Å². The number of rotatable bonds is 6. The summed E-state index contributed by atoms with van der Waals surface area (Å²) >= 11 is 0. The molecule has 11 heteroatoms. The van der Waals surface area contributed by atoms with Crippen molar-refractivity contribution in [2.45, 2.75) is 50.2 Å². The Morgan fingerprint density at radius 2 is 1.66 bits per heavy atom. The highest BCUT2D eigenvalue weighted by Gasteiger charge is 2.45. The van der Waals surface area contributed by atoms with Gasteiger partial charge in [-0.25, -0.2) is 21.6 Å². The number of ether oxygens (including phenoxy) is 1. The number of morpholine rings is 1. The molecule has 32 heavy (non-hydrogen) atoms. The summed E-state index contributed by atoms with van der Waals surface area (Å²) in [5.41, 5.74) is 6.34. The molecule has 3 aliphatic heterocycles. The van der Waals surface area contributed by atoms with Gasteiger partial charge in [-0.1, -0.05) is 0 Å². The Labute approximate surface area is 185 Å². The van der Waals surface area contributed by atoms with Gasteiger partial charge >= 0.3 is 0 Å². The summed E-state index contributed by atoms with van der Waals surface area (Å²) in [7, 11) is -3.70. The van der Waals surface area contributed by atoms with Crippen LogP contribution in [0.4, 0.5) is 13.2 Å². The number of halogens is 3. The minimum absolute atomic E-state index is 0.0267. The van der Waals surface area contributed by atoms with Crippen LogP contribution in [-0.2, 0) is 26.0 Å². The summed E-state index contributed by atoms with van der Waals surface area (Å²) < 4.78 is 72.5. The maximum Gasteiger partial charge on any atom is 0.239 e. The lowest BCUT2D eigenvalue weighted by Gasteiger charge is -2.41. The molecule has 3 aliphatic rings. The number of nitrogens with two attached hydrogens (primary N) is 1. The van der Waals surface area contributed by atoms with Crippen molar-refractivity contribution >= 4 is 15.9 Å². The summed E-state index contributed by atoms with van der Waals surface area (Å²) in [6.45, 7) is 1.14. The van der Waals surface area contributed by atoms with Crippen LogP contribution in [0.5, 0.6) is 0 Å². The fourth-order valence-corrected chi connectivity index (χ4v) is 6.61. The summed E-state index contributed by atoms with van der Waals surface area (Å²) in [5, 5.41) is 0. The minimum Gasteiger partial charge on any atom is -0.379 e. The SMILES string of the molecule is N[C@H](Cc1cc(F)c(F)cc1F)C1C[C@H]2CC[C@@H](C1)N2C(=O)CS(=O)(=O)N1CCOCC1. The number of sulfonamides is 1. The first kappa shape index (κ1) is 23.5. The Kier molecular flexibility index (Phi) is 6.81. The maximum absolute atomic E-state index is 14.0. The van der Waals surface area contributed by atoms with Crippen molar-refractivity contribution in [3.8, 4) is 0 Å². The zero-order chi connectivity index (χ0) is 23.0. The van der Waals surface area contributed by atoms with Gasteiger partial charge in [0.1, 0.15) is 11.6 Å². The first-order valence-corrected chi connectivity index (χ1v) is 12.5. The molecule has 0 aromatic heterocycles. The van der Waals surface area contributed by atoms with Crippen LogP contribution < -0.4 is 5.73 Å². The number of carbonyl (C=O) groups is 1. The van der Waals surface area contributed by atoms with Gasteiger partial charge in [0, 0.05) is 37.3 Å². The van der Waals surface area contributed by atoms with Gasteiger partial charge in [-0.15, -0.1) is 0 Å². The Balaban J connectivity index is 1.39. The number of hydrogen-bond acceptors (Lipinski definition) is 5. The van der Waals surface area contributed by atoms with Crippen molar-refractivity contribution in [1.29, 1.82) is 0 Å². The normalized spacial score (nSPS) is 27.5. The van der Waals surface area contributed by atoms with Crippen LogP contribution in [0.3, 0.4) is 0 Å². The molecule has 3 fully saturated rings. The van der Waals surface area contributed by atoms with Crippen LogP contribution in [-0.4, -0.2) is 73.7 Å². The maximum atomic E-state index is 14.0. The summed E-state index contributed by atoms with van der Waals surface area (Å²) in [6.07, 6.45) is 2.73. The van der Waals surface area contributed by atoms with E-state index in [0.29, 0.717) is 32.1 Å². The molecular formula is C21H28F3N3O4S. The highest BCUT2D eigenvalue weighted by Crippen LogP contribution is 2.40. The van der Waals surface area contributed by atoms with Gasteiger partial charge < -0.3 is 15.4 Å². The van der Waals surface area contributed by atoms with Crippen LogP contribution in [0.25, 0.3) is 0 Å². The zero-order valence-electron chi connectivity index (χ0n) is 17.7. The molecule has 178 valence electrons. The van der Waals surface area contributed by atoms with Gasteiger partial charge in [-0.3, -0.25) is 4.79 Å². The van der Waals surface area contributed by atoms with Crippen molar-refractivity contribution in [2.24, 2.45) is 11.7 Å². The average molecular weight is 476 g/mol. The van der Waals surface area contributed by atoms with Gasteiger partial charge in [-0.2, -0.15) is 4.31 Å². The standard InChI is InChI=1S/C21H28F3N3O4S/c22-17-11-19(24)18(23)9-13(17)10-20(25)14-7-15-1-2-16(8-14)27(15)21(28)12-32(29,30)26-3-5-31-6-4-26/h9,11,14-16,20H,1-8,10,12,25H2/t14?,15-,16+,20-/m1/s1. The monoisotopic (exact) mass is 475 g/mol. The Hall–Kier alpha value is -1.69. The number of amides is 1. The van der Waals surface area contributed by atoms with Gasteiger partial charge in [0.05, 0.1) is 13.2 Å². The second-order valence-electron chi connectivity index (χ2n) is 8.91. The lowest BCUT2D eigenvalue weighted by molar-refractivity contribution is -0.133. The molecule has 7 nitrogen and oxygen atoms in total. The van der Waals surface area contributed by atoms with Gasteiger partial charge in [-0.05, 0) is 49.7 Å². The second kappa shape index (κ2) is 9.28. The van der Waals surface area contributed by atoms with E-state index in [1.54, 1.807) is 4.90 Å². The van der Waals surface area contributed by atoms with Gasteiger partial charge in [0.15, 0.2) is 11.6 Å². The van der Waals surface area contributed by atoms with E-state index in [1.165, 1.54) is 4.31 Å². The first-order chi connectivity index (χ1) is 15.2. The van der Waals surface area contributed by atoms with E-state index in [9.17, 15) is 26.4 Å². The molecule has 0 saturated carbocycles. The van der Waals surface area contributed by atoms with Crippen molar-refractivity contribution in [3.63, 3.8) is 0 Å². The van der Waals surface area contributed by atoms with Crippen LogP contribution in [0, 0.1) is 23.4 Å². The van der Waals surface area contributed by atoms with E-state index in [1.807, 2.05) is 0 Å². The van der Waals surface area contributed by atoms with Crippen LogP contribution >= 0.6 is 0 Å². The fraction of sp³-hybridized carbons (Fsp3) is 0.667. The van der Waals surface area contributed by atoms with E-state index in [0.717, 1.165) is 18.9 Å². The van der Waals surface area contributed by atoms with Crippen molar-refractivity contribution in [2.75, 3.05) is 32.1 Å².